The van der Waals surface area contributed by atoms with Gasteiger partial charge < -0.3 is 14.2 Å². The molecule has 0 atom stereocenters. The second kappa shape index (κ2) is 8.46. The lowest BCUT2D eigenvalue weighted by Gasteiger charge is -2.09. The van der Waals surface area contributed by atoms with Crippen molar-refractivity contribution in [2.75, 3.05) is 7.11 Å². The summed E-state index contributed by atoms with van der Waals surface area (Å²) in [6.45, 7) is 1.70. The maximum atomic E-state index is 12.2. The number of benzene rings is 2. The molecule has 8 heteroatoms. The van der Waals surface area contributed by atoms with Gasteiger partial charge in [-0.15, -0.1) is 0 Å². The highest BCUT2D eigenvalue weighted by molar-refractivity contribution is 6.42. The zero-order valence-electron chi connectivity index (χ0n) is 15.0. The lowest BCUT2D eigenvalue weighted by molar-refractivity contribution is -0.134. The molecule has 1 aliphatic rings. The minimum atomic E-state index is -0.596. The van der Waals surface area contributed by atoms with Gasteiger partial charge in [0.1, 0.15) is 0 Å². The second-order valence-electron chi connectivity index (χ2n) is 5.70. The molecule has 2 aromatic rings. The van der Waals surface area contributed by atoms with E-state index in [0.717, 1.165) is 0 Å². The van der Waals surface area contributed by atoms with Gasteiger partial charge in [0, 0.05) is 12.0 Å². The third-order valence-corrected chi connectivity index (χ3v) is 4.53. The van der Waals surface area contributed by atoms with E-state index in [-0.39, 0.29) is 24.0 Å². The van der Waals surface area contributed by atoms with E-state index < -0.39 is 5.97 Å². The van der Waals surface area contributed by atoms with Gasteiger partial charge in [-0.05, 0) is 42.0 Å². The predicted octanol–water partition coefficient (Wildman–Crippen LogP) is 4.66. The standard InChI is InChI=1S/C20H15Cl2NO5/c1-3-18(24)27-16-7-4-11(9-17(16)26-2)8-15-20(25)28-19(23-15)12-5-6-13(21)14(22)10-12/h4-10H,3H2,1-2H3/b15-8-. The van der Waals surface area contributed by atoms with E-state index in [1.807, 2.05) is 0 Å². The van der Waals surface area contributed by atoms with Crippen molar-refractivity contribution in [2.45, 2.75) is 13.3 Å². The summed E-state index contributed by atoms with van der Waals surface area (Å²) in [4.78, 5) is 27.9. The summed E-state index contributed by atoms with van der Waals surface area (Å²) in [5, 5.41) is 0.722. The quantitative estimate of drug-likeness (QED) is 0.400. The van der Waals surface area contributed by atoms with Gasteiger partial charge in [0.05, 0.1) is 17.2 Å². The molecule has 0 fully saturated rings. The Balaban J connectivity index is 1.90. The van der Waals surface area contributed by atoms with Crippen molar-refractivity contribution in [3.8, 4) is 11.5 Å². The van der Waals surface area contributed by atoms with Gasteiger partial charge >= 0.3 is 11.9 Å². The molecular formula is C20H15Cl2NO5. The van der Waals surface area contributed by atoms with Crippen molar-refractivity contribution < 1.29 is 23.8 Å². The van der Waals surface area contributed by atoms with Crippen LogP contribution in [0.3, 0.4) is 0 Å². The van der Waals surface area contributed by atoms with Crippen LogP contribution in [-0.4, -0.2) is 24.9 Å². The first-order valence-electron chi connectivity index (χ1n) is 8.28. The Morgan fingerprint density at radius 3 is 2.61 bits per heavy atom. The molecule has 0 radical (unpaired) electrons. The van der Waals surface area contributed by atoms with Crippen LogP contribution in [0, 0.1) is 0 Å². The van der Waals surface area contributed by atoms with E-state index in [4.69, 9.17) is 37.4 Å². The molecule has 0 bridgehead atoms. The lowest BCUT2D eigenvalue weighted by Crippen LogP contribution is -2.06. The Kier molecular flexibility index (Phi) is 6.02. The number of carbonyl (C=O) groups is 2. The number of carbonyl (C=O) groups excluding carboxylic acids is 2. The molecule has 144 valence electrons. The summed E-state index contributed by atoms with van der Waals surface area (Å²) < 4.78 is 15.7. The molecular weight excluding hydrogens is 405 g/mol. The summed E-state index contributed by atoms with van der Waals surface area (Å²) in [6.07, 6.45) is 1.79. The van der Waals surface area contributed by atoms with Crippen molar-refractivity contribution in [3.05, 3.63) is 63.3 Å². The summed E-state index contributed by atoms with van der Waals surface area (Å²) in [6, 6.07) is 9.71. The first-order valence-corrected chi connectivity index (χ1v) is 9.03. The van der Waals surface area contributed by atoms with Crippen LogP contribution in [0.4, 0.5) is 0 Å². The molecule has 0 spiro atoms. The molecule has 6 nitrogen and oxygen atoms in total. The van der Waals surface area contributed by atoms with Crippen LogP contribution in [0.2, 0.25) is 10.0 Å². The number of hydrogen-bond donors (Lipinski definition) is 0. The molecule has 0 saturated carbocycles. The number of hydrogen-bond acceptors (Lipinski definition) is 6. The monoisotopic (exact) mass is 419 g/mol. The normalized spacial score (nSPS) is 14.6. The van der Waals surface area contributed by atoms with Crippen molar-refractivity contribution >= 4 is 47.1 Å². The van der Waals surface area contributed by atoms with Crippen LogP contribution in [0.5, 0.6) is 11.5 Å². The minimum Gasteiger partial charge on any atom is -0.493 e. The fraction of sp³-hybridized carbons (Fsp3) is 0.150. The predicted molar refractivity (Wildman–Crippen MR) is 106 cm³/mol. The topological polar surface area (TPSA) is 74.2 Å². The summed E-state index contributed by atoms with van der Waals surface area (Å²) in [7, 11) is 1.46. The minimum absolute atomic E-state index is 0.112. The molecule has 0 unspecified atom stereocenters. The molecule has 0 amide bonds. The smallest absolute Gasteiger partial charge is 0.363 e. The number of ether oxygens (including phenoxy) is 3. The van der Waals surface area contributed by atoms with E-state index in [1.165, 1.54) is 7.11 Å². The summed E-state index contributed by atoms with van der Waals surface area (Å²) >= 11 is 11.9. The SMILES string of the molecule is CCC(=O)Oc1ccc(/C=C2\N=C(c3ccc(Cl)c(Cl)c3)OC2=O)cc1OC. The van der Waals surface area contributed by atoms with Crippen LogP contribution in [0.1, 0.15) is 24.5 Å². The van der Waals surface area contributed by atoms with Gasteiger partial charge in [-0.1, -0.05) is 36.2 Å². The average molecular weight is 420 g/mol. The third-order valence-electron chi connectivity index (χ3n) is 3.79. The molecule has 0 saturated heterocycles. The number of halogens is 2. The molecule has 1 heterocycles. The third kappa shape index (κ3) is 4.35. The maximum Gasteiger partial charge on any atom is 0.363 e. The molecule has 0 aliphatic carbocycles. The molecule has 2 aromatic carbocycles. The summed E-state index contributed by atoms with van der Waals surface area (Å²) in [5.74, 6) is -0.182. The van der Waals surface area contributed by atoms with Crippen LogP contribution >= 0.6 is 23.2 Å². The zero-order valence-corrected chi connectivity index (χ0v) is 16.5. The highest BCUT2D eigenvalue weighted by Crippen LogP contribution is 2.30. The zero-order chi connectivity index (χ0) is 20.3. The number of aliphatic imine (C=N–C) groups is 1. The van der Waals surface area contributed by atoms with Gasteiger partial charge in [0.15, 0.2) is 17.2 Å². The van der Waals surface area contributed by atoms with Crippen LogP contribution < -0.4 is 9.47 Å². The Hall–Kier alpha value is -2.83. The van der Waals surface area contributed by atoms with Crippen LogP contribution in [0.25, 0.3) is 6.08 Å². The maximum absolute atomic E-state index is 12.2. The number of cyclic esters (lactones) is 1. The van der Waals surface area contributed by atoms with E-state index in [9.17, 15) is 9.59 Å². The summed E-state index contributed by atoms with van der Waals surface area (Å²) in [5.41, 5.74) is 1.27. The first kappa shape index (κ1) is 19.9. The Bertz CT molecular complexity index is 1010. The van der Waals surface area contributed by atoms with Crippen LogP contribution in [-0.2, 0) is 14.3 Å². The fourth-order valence-electron chi connectivity index (χ4n) is 2.37. The highest BCUT2D eigenvalue weighted by Gasteiger charge is 2.24. The van der Waals surface area contributed by atoms with Crippen molar-refractivity contribution in [1.82, 2.24) is 0 Å². The number of methoxy groups -OCH3 is 1. The van der Waals surface area contributed by atoms with E-state index in [0.29, 0.717) is 32.7 Å². The molecule has 28 heavy (non-hydrogen) atoms. The second-order valence-corrected chi connectivity index (χ2v) is 6.52. The highest BCUT2D eigenvalue weighted by atomic mass is 35.5. The molecule has 1 aliphatic heterocycles. The number of esters is 2. The van der Waals surface area contributed by atoms with E-state index in [2.05, 4.69) is 4.99 Å². The van der Waals surface area contributed by atoms with Crippen LogP contribution in [0.15, 0.2) is 47.1 Å². The van der Waals surface area contributed by atoms with Gasteiger partial charge in [0.25, 0.3) is 0 Å². The average Bonchev–Trinajstić information content (AvgIpc) is 3.05. The van der Waals surface area contributed by atoms with Gasteiger partial charge in [-0.25, -0.2) is 9.79 Å². The fourth-order valence-corrected chi connectivity index (χ4v) is 2.67. The lowest BCUT2D eigenvalue weighted by atomic mass is 10.1. The van der Waals surface area contributed by atoms with Gasteiger partial charge in [-0.2, -0.15) is 0 Å². The first-order chi connectivity index (χ1) is 13.4. The largest absolute Gasteiger partial charge is 0.493 e. The van der Waals surface area contributed by atoms with Gasteiger partial charge in [-0.3, -0.25) is 4.79 Å². The molecule has 3 rings (SSSR count). The van der Waals surface area contributed by atoms with E-state index in [1.54, 1.807) is 49.4 Å². The number of nitrogens with zero attached hydrogens (tertiary/aromatic N) is 1. The van der Waals surface area contributed by atoms with Crippen molar-refractivity contribution in [3.63, 3.8) is 0 Å². The molecule has 0 aromatic heterocycles. The molecule has 0 N–H and O–H groups in total. The Labute approximate surface area is 171 Å². The Morgan fingerprint density at radius 1 is 1.14 bits per heavy atom. The Morgan fingerprint density at radius 2 is 1.93 bits per heavy atom. The van der Waals surface area contributed by atoms with Crippen molar-refractivity contribution in [1.29, 1.82) is 0 Å². The number of rotatable bonds is 5. The van der Waals surface area contributed by atoms with E-state index >= 15 is 0 Å². The van der Waals surface area contributed by atoms with Gasteiger partial charge in [0.2, 0.25) is 5.90 Å². The van der Waals surface area contributed by atoms with Crippen molar-refractivity contribution in [2.24, 2.45) is 4.99 Å².